The Hall–Kier alpha value is -2.74. The predicted molar refractivity (Wildman–Crippen MR) is 110 cm³/mol. The molecule has 1 saturated heterocycles. The minimum absolute atomic E-state index is 0.112. The highest BCUT2D eigenvalue weighted by Gasteiger charge is 2.23. The normalized spacial score (nSPS) is 16.8. The van der Waals surface area contributed by atoms with Gasteiger partial charge in [0.1, 0.15) is 5.82 Å². The van der Waals surface area contributed by atoms with Crippen LogP contribution in [0.5, 0.6) is 0 Å². The summed E-state index contributed by atoms with van der Waals surface area (Å²) in [4.78, 5) is 18.7. The second kappa shape index (κ2) is 8.73. The van der Waals surface area contributed by atoms with Crippen molar-refractivity contribution < 1.29 is 9.18 Å². The molecule has 3 aromatic rings. The summed E-state index contributed by atoms with van der Waals surface area (Å²) in [7, 11) is 0. The first-order valence-electron chi connectivity index (χ1n) is 9.64. The molecule has 1 aromatic carbocycles. The van der Waals surface area contributed by atoms with E-state index in [0.717, 1.165) is 30.8 Å². The highest BCUT2D eigenvalue weighted by atomic mass is 32.2. The maximum atomic E-state index is 13.4. The van der Waals surface area contributed by atoms with Gasteiger partial charge in [0.15, 0.2) is 11.0 Å². The number of likely N-dealkylation sites (tertiary alicyclic amines) is 1. The minimum atomic E-state index is -0.309. The van der Waals surface area contributed by atoms with E-state index in [1.807, 2.05) is 21.6 Å². The Morgan fingerprint density at radius 3 is 2.66 bits per heavy atom. The van der Waals surface area contributed by atoms with Gasteiger partial charge in [-0.05, 0) is 55.2 Å². The van der Waals surface area contributed by atoms with E-state index in [9.17, 15) is 9.18 Å². The van der Waals surface area contributed by atoms with E-state index >= 15 is 0 Å². The molecule has 0 radical (unpaired) electrons. The van der Waals surface area contributed by atoms with Crippen molar-refractivity contribution in [1.82, 2.24) is 24.6 Å². The number of aromatic nitrogens is 4. The van der Waals surface area contributed by atoms with Gasteiger partial charge >= 0.3 is 0 Å². The first-order valence-corrected chi connectivity index (χ1v) is 10.6. The Morgan fingerprint density at radius 1 is 1.17 bits per heavy atom. The third-order valence-electron chi connectivity index (χ3n) is 4.99. The quantitative estimate of drug-likeness (QED) is 0.597. The molecule has 1 amide bonds. The van der Waals surface area contributed by atoms with E-state index < -0.39 is 0 Å². The fourth-order valence-corrected chi connectivity index (χ4v) is 4.36. The summed E-state index contributed by atoms with van der Waals surface area (Å²) in [5.74, 6) is 1.26. The molecule has 0 spiro atoms. The van der Waals surface area contributed by atoms with Crippen LogP contribution >= 0.6 is 11.8 Å². The molecule has 8 heteroatoms. The molecule has 0 aliphatic carbocycles. The van der Waals surface area contributed by atoms with Crippen LogP contribution in [0.3, 0.4) is 0 Å². The number of carbonyl (C=O) groups excluding carboxylic acids is 1. The SMILES string of the molecule is C[C@H]1CCCN(C(=O)CSc2nnc(-c3ccncc3)n2-c2ccc(F)cc2)C1. The lowest BCUT2D eigenvalue weighted by Crippen LogP contribution is -2.40. The van der Waals surface area contributed by atoms with Crippen LogP contribution < -0.4 is 0 Å². The van der Waals surface area contributed by atoms with Gasteiger partial charge in [-0.3, -0.25) is 14.3 Å². The average Bonchev–Trinajstić information content (AvgIpc) is 3.17. The van der Waals surface area contributed by atoms with Gasteiger partial charge in [-0.25, -0.2) is 4.39 Å². The summed E-state index contributed by atoms with van der Waals surface area (Å²) in [6.45, 7) is 3.81. The Bertz CT molecular complexity index is 976. The number of halogens is 1. The molecule has 150 valence electrons. The molecule has 6 nitrogen and oxygen atoms in total. The second-order valence-electron chi connectivity index (χ2n) is 7.23. The van der Waals surface area contributed by atoms with Crippen LogP contribution in [-0.4, -0.2) is 49.4 Å². The van der Waals surface area contributed by atoms with Gasteiger partial charge in [-0.2, -0.15) is 0 Å². The number of hydrogen-bond donors (Lipinski definition) is 0. The average molecular weight is 412 g/mol. The van der Waals surface area contributed by atoms with Crippen molar-refractivity contribution in [2.24, 2.45) is 5.92 Å². The van der Waals surface area contributed by atoms with Crippen LogP contribution in [0.4, 0.5) is 4.39 Å². The number of benzene rings is 1. The summed E-state index contributed by atoms with van der Waals surface area (Å²) in [5, 5.41) is 9.25. The highest BCUT2D eigenvalue weighted by molar-refractivity contribution is 7.99. The molecule has 2 aromatic heterocycles. The van der Waals surface area contributed by atoms with Gasteiger partial charge < -0.3 is 4.90 Å². The van der Waals surface area contributed by atoms with E-state index in [1.54, 1.807) is 24.5 Å². The van der Waals surface area contributed by atoms with Gasteiger partial charge in [0.25, 0.3) is 0 Å². The molecule has 1 aliphatic rings. The number of carbonyl (C=O) groups is 1. The predicted octanol–water partition coefficient (Wildman–Crippen LogP) is 3.82. The standard InChI is InChI=1S/C21H22FN5OS/c1-15-3-2-12-26(13-15)19(28)14-29-21-25-24-20(16-8-10-23-11-9-16)27(21)18-6-4-17(22)5-7-18/h4-11,15H,2-3,12-14H2,1H3/t15-/m0/s1. The van der Waals surface area contributed by atoms with Crippen molar-refractivity contribution in [3.8, 4) is 17.1 Å². The molecular formula is C21H22FN5OS. The van der Waals surface area contributed by atoms with Crippen LogP contribution in [-0.2, 0) is 4.79 Å². The molecule has 4 rings (SSSR count). The lowest BCUT2D eigenvalue weighted by atomic mass is 10.0. The Kier molecular flexibility index (Phi) is 5.89. The van der Waals surface area contributed by atoms with Crippen LogP contribution in [0.25, 0.3) is 17.1 Å². The van der Waals surface area contributed by atoms with Gasteiger partial charge in [0.2, 0.25) is 5.91 Å². The summed E-state index contributed by atoms with van der Waals surface area (Å²) in [5.41, 5.74) is 1.59. The Morgan fingerprint density at radius 2 is 1.93 bits per heavy atom. The zero-order valence-corrected chi connectivity index (χ0v) is 17.0. The van der Waals surface area contributed by atoms with Gasteiger partial charge in [0.05, 0.1) is 5.75 Å². The first kappa shape index (κ1) is 19.6. The Balaban J connectivity index is 1.60. The topological polar surface area (TPSA) is 63.9 Å². The molecule has 29 heavy (non-hydrogen) atoms. The molecule has 0 bridgehead atoms. The van der Waals surface area contributed by atoms with Crippen molar-refractivity contribution in [3.63, 3.8) is 0 Å². The molecule has 1 fully saturated rings. The number of nitrogens with zero attached hydrogens (tertiary/aromatic N) is 5. The summed E-state index contributed by atoms with van der Waals surface area (Å²) in [6.07, 6.45) is 5.60. The number of thioether (sulfide) groups is 1. The molecule has 0 N–H and O–H groups in total. The summed E-state index contributed by atoms with van der Waals surface area (Å²) in [6, 6.07) is 9.86. The van der Waals surface area contributed by atoms with E-state index in [4.69, 9.17) is 0 Å². The lowest BCUT2D eigenvalue weighted by molar-refractivity contribution is -0.130. The fourth-order valence-electron chi connectivity index (χ4n) is 3.51. The number of pyridine rings is 1. The number of rotatable bonds is 5. The van der Waals surface area contributed by atoms with Crippen molar-refractivity contribution in [2.45, 2.75) is 24.9 Å². The minimum Gasteiger partial charge on any atom is -0.342 e. The number of hydrogen-bond acceptors (Lipinski definition) is 5. The van der Waals surface area contributed by atoms with Gasteiger partial charge in [-0.15, -0.1) is 10.2 Å². The van der Waals surface area contributed by atoms with E-state index in [2.05, 4.69) is 22.1 Å². The van der Waals surface area contributed by atoms with Crippen LogP contribution in [0, 0.1) is 11.7 Å². The van der Waals surface area contributed by atoms with Crippen LogP contribution in [0.1, 0.15) is 19.8 Å². The van der Waals surface area contributed by atoms with Gasteiger partial charge in [0, 0.05) is 36.7 Å². The second-order valence-corrected chi connectivity index (χ2v) is 8.17. The lowest BCUT2D eigenvalue weighted by Gasteiger charge is -2.30. The number of piperidine rings is 1. The third-order valence-corrected chi connectivity index (χ3v) is 5.90. The fraction of sp³-hybridized carbons (Fsp3) is 0.333. The number of amides is 1. The zero-order chi connectivity index (χ0) is 20.2. The zero-order valence-electron chi connectivity index (χ0n) is 16.2. The van der Waals surface area contributed by atoms with E-state index in [-0.39, 0.29) is 11.7 Å². The third kappa shape index (κ3) is 4.48. The monoisotopic (exact) mass is 411 g/mol. The largest absolute Gasteiger partial charge is 0.342 e. The molecule has 1 aliphatic heterocycles. The molecule has 0 unspecified atom stereocenters. The maximum Gasteiger partial charge on any atom is 0.233 e. The Labute approximate surface area is 173 Å². The van der Waals surface area contributed by atoms with Crippen LogP contribution in [0.2, 0.25) is 0 Å². The van der Waals surface area contributed by atoms with Crippen molar-refractivity contribution >= 4 is 17.7 Å². The van der Waals surface area contributed by atoms with E-state index in [1.165, 1.54) is 30.3 Å². The molecule has 1 atom stereocenters. The van der Waals surface area contributed by atoms with E-state index in [0.29, 0.717) is 22.7 Å². The molecule has 3 heterocycles. The molecular weight excluding hydrogens is 389 g/mol. The maximum absolute atomic E-state index is 13.4. The van der Waals surface area contributed by atoms with Crippen LogP contribution in [0.15, 0.2) is 53.9 Å². The first-order chi connectivity index (χ1) is 14.1. The van der Waals surface area contributed by atoms with Crippen molar-refractivity contribution in [3.05, 3.63) is 54.6 Å². The van der Waals surface area contributed by atoms with Gasteiger partial charge in [-0.1, -0.05) is 18.7 Å². The highest BCUT2D eigenvalue weighted by Crippen LogP contribution is 2.28. The smallest absolute Gasteiger partial charge is 0.233 e. The molecule has 0 saturated carbocycles. The summed E-state index contributed by atoms with van der Waals surface area (Å²) >= 11 is 1.35. The summed E-state index contributed by atoms with van der Waals surface area (Å²) < 4.78 is 15.3. The van der Waals surface area contributed by atoms with Crippen molar-refractivity contribution in [2.75, 3.05) is 18.8 Å². The van der Waals surface area contributed by atoms with Crippen molar-refractivity contribution in [1.29, 1.82) is 0 Å².